The van der Waals surface area contributed by atoms with Gasteiger partial charge in [-0.1, -0.05) is 65.0 Å². The van der Waals surface area contributed by atoms with Crippen molar-refractivity contribution >= 4 is 15.9 Å². The van der Waals surface area contributed by atoms with E-state index in [-0.39, 0.29) is 6.10 Å². The van der Waals surface area contributed by atoms with Crippen LogP contribution in [-0.4, -0.2) is 11.9 Å². The average Bonchev–Trinajstić information content (AvgIpc) is 2.29. The molecule has 0 spiro atoms. The van der Waals surface area contributed by atoms with Gasteiger partial charge >= 0.3 is 0 Å². The molecule has 1 nitrogen and oxygen atoms in total. The molecule has 1 aliphatic rings. The second kappa shape index (κ2) is 6.55. The fourth-order valence-electron chi connectivity index (χ4n) is 2.17. The number of aryl methyl sites for hydroxylation is 1. The summed E-state index contributed by atoms with van der Waals surface area (Å²) in [4.78, 5) is 0. The van der Waals surface area contributed by atoms with Gasteiger partial charge in [-0.25, -0.2) is 0 Å². The van der Waals surface area contributed by atoms with Gasteiger partial charge in [-0.15, -0.1) is 0 Å². The van der Waals surface area contributed by atoms with Crippen LogP contribution >= 0.6 is 15.9 Å². The van der Waals surface area contributed by atoms with E-state index >= 15 is 0 Å². The van der Waals surface area contributed by atoms with Crippen molar-refractivity contribution in [1.29, 1.82) is 0 Å². The highest BCUT2D eigenvalue weighted by atomic mass is 79.9. The van der Waals surface area contributed by atoms with E-state index < -0.39 is 0 Å². The Hall–Kier alpha value is -0.340. The smallest absolute Gasteiger partial charge is 0.0921 e. The number of rotatable bonds is 6. The van der Waals surface area contributed by atoms with Crippen LogP contribution < -0.4 is 0 Å². The van der Waals surface area contributed by atoms with Gasteiger partial charge in [0.05, 0.1) is 6.10 Å². The van der Waals surface area contributed by atoms with E-state index in [1.807, 2.05) is 0 Å². The summed E-state index contributed by atoms with van der Waals surface area (Å²) in [6, 6.07) is 8.65. The van der Waals surface area contributed by atoms with Gasteiger partial charge < -0.3 is 4.74 Å². The normalized spacial score (nSPS) is 17.8. The van der Waals surface area contributed by atoms with Crippen molar-refractivity contribution in [2.45, 2.75) is 38.7 Å². The molecule has 2 heteroatoms. The molecule has 1 fully saturated rings. The Balaban J connectivity index is 1.80. The summed E-state index contributed by atoms with van der Waals surface area (Å²) in [5.41, 5.74) is 2.58. The number of alkyl halides is 1. The van der Waals surface area contributed by atoms with Gasteiger partial charge in [-0.05, 0) is 24.8 Å². The zero-order chi connectivity index (χ0) is 12.1. The summed E-state index contributed by atoms with van der Waals surface area (Å²) in [5.74, 6) is 0.934. The Labute approximate surface area is 113 Å². The van der Waals surface area contributed by atoms with Crippen molar-refractivity contribution in [2.75, 3.05) is 11.9 Å². The second-order valence-corrected chi connectivity index (χ2v) is 5.66. The summed E-state index contributed by atoms with van der Waals surface area (Å²) >= 11 is 3.54. The molecule has 1 aromatic carbocycles. The van der Waals surface area contributed by atoms with Crippen molar-refractivity contribution in [3.8, 4) is 0 Å². The predicted molar refractivity (Wildman–Crippen MR) is 75.6 cm³/mol. The van der Waals surface area contributed by atoms with Crippen LogP contribution in [0.2, 0.25) is 0 Å². The minimum atomic E-state index is 0.204. The molecule has 1 atom stereocenters. The summed E-state index contributed by atoms with van der Waals surface area (Å²) in [6.07, 6.45) is 5.68. The zero-order valence-electron chi connectivity index (χ0n) is 10.5. The van der Waals surface area contributed by atoms with E-state index in [4.69, 9.17) is 4.74 Å². The van der Waals surface area contributed by atoms with Crippen LogP contribution in [0, 0.1) is 12.8 Å². The van der Waals surface area contributed by atoms with E-state index in [2.05, 4.69) is 47.1 Å². The molecular formula is C15H21BrO. The SMILES string of the molecule is Cc1ccc(C(CBr)OCCC2CCC2)cc1. The predicted octanol–water partition coefficient (Wildman–Crippen LogP) is 4.64. The number of benzene rings is 1. The fourth-order valence-corrected chi connectivity index (χ4v) is 2.73. The van der Waals surface area contributed by atoms with Crippen LogP contribution in [0.4, 0.5) is 0 Å². The molecule has 1 saturated carbocycles. The Bertz CT molecular complexity index is 329. The Kier molecular flexibility index (Phi) is 5.05. The first-order valence-electron chi connectivity index (χ1n) is 6.53. The van der Waals surface area contributed by atoms with Gasteiger partial charge in [0.2, 0.25) is 0 Å². The largest absolute Gasteiger partial charge is 0.373 e. The van der Waals surface area contributed by atoms with Crippen LogP contribution in [0.1, 0.15) is 42.9 Å². The molecule has 2 rings (SSSR count). The van der Waals surface area contributed by atoms with Crippen LogP contribution in [0.15, 0.2) is 24.3 Å². The summed E-state index contributed by atoms with van der Waals surface area (Å²) < 4.78 is 5.98. The highest BCUT2D eigenvalue weighted by Gasteiger charge is 2.18. The lowest BCUT2D eigenvalue weighted by Gasteiger charge is -2.26. The van der Waals surface area contributed by atoms with Gasteiger partial charge in [0.1, 0.15) is 0 Å². The number of ether oxygens (including phenoxy) is 1. The highest BCUT2D eigenvalue weighted by Crippen LogP contribution is 2.30. The average molecular weight is 297 g/mol. The van der Waals surface area contributed by atoms with Crippen LogP contribution in [0.25, 0.3) is 0 Å². The first-order valence-corrected chi connectivity index (χ1v) is 7.66. The third-order valence-electron chi connectivity index (χ3n) is 3.66. The minimum absolute atomic E-state index is 0.204. The van der Waals surface area contributed by atoms with E-state index in [1.165, 1.54) is 36.8 Å². The van der Waals surface area contributed by atoms with Crippen molar-refractivity contribution in [3.63, 3.8) is 0 Å². The minimum Gasteiger partial charge on any atom is -0.373 e. The molecule has 0 N–H and O–H groups in total. The molecule has 17 heavy (non-hydrogen) atoms. The lowest BCUT2D eigenvalue weighted by molar-refractivity contribution is 0.0521. The van der Waals surface area contributed by atoms with Crippen LogP contribution in [0.3, 0.4) is 0 Å². The maximum atomic E-state index is 5.98. The third kappa shape index (κ3) is 3.82. The van der Waals surface area contributed by atoms with Crippen LogP contribution in [0.5, 0.6) is 0 Å². The fraction of sp³-hybridized carbons (Fsp3) is 0.600. The second-order valence-electron chi connectivity index (χ2n) is 5.01. The van der Waals surface area contributed by atoms with Crippen molar-refractivity contribution in [1.82, 2.24) is 0 Å². The maximum absolute atomic E-state index is 5.98. The van der Waals surface area contributed by atoms with Crippen molar-refractivity contribution < 1.29 is 4.74 Å². The summed E-state index contributed by atoms with van der Waals surface area (Å²) in [7, 11) is 0. The molecule has 0 bridgehead atoms. The van der Waals surface area contributed by atoms with Gasteiger partial charge in [0.15, 0.2) is 0 Å². The first-order chi connectivity index (χ1) is 8.29. The number of hydrogen-bond acceptors (Lipinski definition) is 1. The van der Waals surface area contributed by atoms with E-state index in [9.17, 15) is 0 Å². The Morgan fingerprint density at radius 2 is 2.00 bits per heavy atom. The molecular weight excluding hydrogens is 276 g/mol. The Morgan fingerprint density at radius 3 is 2.53 bits per heavy atom. The van der Waals surface area contributed by atoms with Gasteiger partial charge in [-0.2, -0.15) is 0 Å². The molecule has 0 heterocycles. The third-order valence-corrected chi connectivity index (χ3v) is 4.25. The molecule has 1 aromatic rings. The molecule has 1 unspecified atom stereocenters. The Morgan fingerprint density at radius 1 is 1.29 bits per heavy atom. The molecule has 0 radical (unpaired) electrons. The number of hydrogen-bond donors (Lipinski definition) is 0. The van der Waals surface area contributed by atoms with Gasteiger partial charge in [0, 0.05) is 11.9 Å². The summed E-state index contributed by atoms with van der Waals surface area (Å²) in [5, 5.41) is 0.876. The number of halogens is 1. The topological polar surface area (TPSA) is 9.23 Å². The monoisotopic (exact) mass is 296 g/mol. The first kappa shape index (κ1) is 13.1. The lowest BCUT2D eigenvalue weighted by Crippen LogP contribution is -2.15. The molecule has 0 aromatic heterocycles. The molecule has 0 saturated heterocycles. The van der Waals surface area contributed by atoms with E-state index in [0.717, 1.165) is 17.9 Å². The molecule has 1 aliphatic carbocycles. The molecule has 94 valence electrons. The highest BCUT2D eigenvalue weighted by molar-refractivity contribution is 9.09. The summed E-state index contributed by atoms with van der Waals surface area (Å²) in [6.45, 7) is 3.01. The quantitative estimate of drug-likeness (QED) is 0.695. The molecule has 0 amide bonds. The van der Waals surface area contributed by atoms with Gasteiger partial charge in [0.25, 0.3) is 0 Å². The zero-order valence-corrected chi connectivity index (χ0v) is 12.1. The van der Waals surface area contributed by atoms with Crippen molar-refractivity contribution in [3.05, 3.63) is 35.4 Å². The van der Waals surface area contributed by atoms with E-state index in [1.54, 1.807) is 0 Å². The standard InChI is InChI=1S/C15H21BrO/c1-12-5-7-14(8-6-12)15(11-16)17-10-9-13-3-2-4-13/h5-8,13,15H,2-4,9-11H2,1H3. The van der Waals surface area contributed by atoms with Gasteiger partial charge in [-0.3, -0.25) is 0 Å². The van der Waals surface area contributed by atoms with Crippen molar-refractivity contribution in [2.24, 2.45) is 5.92 Å². The van der Waals surface area contributed by atoms with Crippen LogP contribution in [-0.2, 0) is 4.74 Å². The molecule has 0 aliphatic heterocycles. The van der Waals surface area contributed by atoms with E-state index in [0.29, 0.717) is 0 Å². The lowest BCUT2D eigenvalue weighted by atomic mass is 9.83. The maximum Gasteiger partial charge on any atom is 0.0921 e.